The molecular formula is H3ClNO3S-. The molecule has 0 heterocycles. The molecule has 0 aromatic carbocycles. The molecule has 0 aromatic heterocycles. The van der Waals surface area contributed by atoms with Gasteiger partial charge in [-0.05, 0) is 0 Å². The van der Waals surface area contributed by atoms with Crippen LogP contribution in [0, 0.1) is 0 Å². The van der Waals surface area contributed by atoms with Crippen LogP contribution in [-0.4, -0.2) is 13.0 Å². The molecular weight excluding hydrogens is 130 g/mol. The van der Waals surface area contributed by atoms with Crippen molar-refractivity contribution in [1.29, 1.82) is 0 Å². The van der Waals surface area contributed by atoms with Crippen LogP contribution in [0.25, 0.3) is 0 Å². The first-order valence-corrected chi connectivity index (χ1v) is 2.21. The van der Waals surface area contributed by atoms with E-state index in [9.17, 15) is 0 Å². The van der Waals surface area contributed by atoms with E-state index in [-0.39, 0.29) is 12.4 Å². The normalized spacial score (nSPS) is 9.67. The highest BCUT2D eigenvalue weighted by Gasteiger charge is 1.64. The van der Waals surface area contributed by atoms with Crippen LogP contribution in [0.2, 0.25) is 0 Å². The number of hydrogen-bond donors (Lipinski definition) is 1. The molecule has 0 saturated heterocycles. The summed E-state index contributed by atoms with van der Waals surface area (Å²) in [5.41, 5.74) is 0. The molecule has 0 aliphatic carbocycles. The fraction of sp³-hybridized carbons (Fsp3) is 0. The first kappa shape index (κ1) is 9.48. The maximum absolute atomic E-state index is 8.85. The smallest absolute Gasteiger partial charge is 0.156 e. The van der Waals surface area contributed by atoms with E-state index in [2.05, 4.69) is 5.14 Å². The Hall–Kier alpha value is 0.160. The molecule has 0 atom stereocenters. The highest BCUT2D eigenvalue weighted by molar-refractivity contribution is 7.83. The molecule has 0 radical (unpaired) electrons. The summed E-state index contributed by atoms with van der Waals surface area (Å²) < 4.78 is 26.6. The average molecular weight is 133 g/mol. The molecule has 2 N–H and O–H groups in total. The summed E-state index contributed by atoms with van der Waals surface area (Å²) >= 11 is 0. The molecule has 40 valence electrons. The van der Waals surface area contributed by atoms with Gasteiger partial charge in [-0.25, -0.2) is 13.6 Å². The summed E-state index contributed by atoms with van der Waals surface area (Å²) in [5.74, 6) is 0. The third-order valence-electron chi connectivity index (χ3n) is 0. The van der Waals surface area contributed by atoms with Gasteiger partial charge in [-0.1, -0.05) is 0 Å². The first-order chi connectivity index (χ1) is 2.00. The van der Waals surface area contributed by atoms with Gasteiger partial charge in [-0.15, -0.1) is 12.4 Å². The topological polar surface area (TPSA) is 83.2 Å². The van der Waals surface area contributed by atoms with Crippen molar-refractivity contribution in [3.05, 3.63) is 0 Å². The molecule has 4 nitrogen and oxygen atoms in total. The molecule has 0 rings (SSSR count). The van der Waals surface area contributed by atoms with Crippen molar-refractivity contribution in [2.75, 3.05) is 0 Å². The molecule has 0 fully saturated rings. The predicted octanol–water partition coefficient (Wildman–Crippen LogP) is -1.17. The predicted molar refractivity (Wildman–Crippen MR) is 21.1 cm³/mol. The third-order valence-corrected chi connectivity index (χ3v) is 0. The van der Waals surface area contributed by atoms with Gasteiger partial charge in [0.15, 0.2) is 10.3 Å². The first-order valence-electron chi connectivity index (χ1n) is 0.736. The molecule has 6 heteroatoms. The van der Waals surface area contributed by atoms with Gasteiger partial charge in [-0.2, -0.15) is 0 Å². The van der Waals surface area contributed by atoms with Gasteiger partial charge in [0.05, 0.1) is 0 Å². The molecule has 0 aromatic rings. The molecule has 0 saturated carbocycles. The summed E-state index contributed by atoms with van der Waals surface area (Å²) in [6.45, 7) is 0. The van der Waals surface area contributed by atoms with Crippen molar-refractivity contribution in [2.24, 2.45) is 5.14 Å². The van der Waals surface area contributed by atoms with Crippen molar-refractivity contribution in [3.63, 3.8) is 0 Å². The second-order valence-corrected chi connectivity index (χ2v) is 1.48. The largest absolute Gasteiger partial charge is 0.736 e. The van der Waals surface area contributed by atoms with Gasteiger partial charge >= 0.3 is 0 Å². The Labute approximate surface area is 41.6 Å². The van der Waals surface area contributed by atoms with E-state index in [1.807, 2.05) is 0 Å². The van der Waals surface area contributed by atoms with E-state index < -0.39 is 10.3 Å². The zero-order valence-corrected chi connectivity index (χ0v) is 4.25. The van der Waals surface area contributed by atoms with Gasteiger partial charge in [-0.3, -0.25) is 0 Å². The Balaban J connectivity index is 0. The van der Waals surface area contributed by atoms with Crippen LogP contribution in [0.15, 0.2) is 0 Å². The van der Waals surface area contributed by atoms with Gasteiger partial charge < -0.3 is 4.55 Å². The van der Waals surface area contributed by atoms with Gasteiger partial charge in [0.2, 0.25) is 0 Å². The van der Waals surface area contributed by atoms with Gasteiger partial charge in [0.1, 0.15) is 0 Å². The van der Waals surface area contributed by atoms with Crippen molar-refractivity contribution in [3.8, 4) is 0 Å². The zero-order chi connectivity index (χ0) is 4.50. The number of nitrogens with two attached hydrogens (primary N) is 1. The van der Waals surface area contributed by atoms with Crippen LogP contribution in [0.4, 0.5) is 0 Å². The van der Waals surface area contributed by atoms with Gasteiger partial charge in [0.25, 0.3) is 0 Å². The van der Waals surface area contributed by atoms with Crippen LogP contribution < -0.4 is 5.14 Å². The lowest BCUT2D eigenvalue weighted by atomic mass is 13.9. The van der Waals surface area contributed by atoms with Crippen molar-refractivity contribution in [1.82, 2.24) is 0 Å². The Bertz CT molecular complexity index is 94.0. The van der Waals surface area contributed by atoms with Crippen molar-refractivity contribution >= 4 is 22.7 Å². The summed E-state index contributed by atoms with van der Waals surface area (Å²) in [6.07, 6.45) is 0. The fourth-order valence-corrected chi connectivity index (χ4v) is 0. The Morgan fingerprint density at radius 1 is 1.50 bits per heavy atom. The molecule has 0 amide bonds. The van der Waals surface area contributed by atoms with E-state index in [0.29, 0.717) is 0 Å². The van der Waals surface area contributed by atoms with Crippen LogP contribution in [0.1, 0.15) is 0 Å². The summed E-state index contributed by atoms with van der Waals surface area (Å²) in [6, 6.07) is 0. The minimum absolute atomic E-state index is 0. The molecule has 0 bridgehead atoms. The maximum atomic E-state index is 8.85. The van der Waals surface area contributed by atoms with E-state index in [4.69, 9.17) is 13.0 Å². The van der Waals surface area contributed by atoms with Crippen LogP contribution >= 0.6 is 12.4 Å². The number of rotatable bonds is 0. The zero-order valence-electron chi connectivity index (χ0n) is 2.62. The second-order valence-electron chi connectivity index (χ2n) is 0.493. The summed E-state index contributed by atoms with van der Waals surface area (Å²) in [7, 11) is -4.42. The standard InChI is InChI=1S/ClH.H3NO3S/c;1-5(2,3)4/h1H;(H3,1,2,3,4)/p-1. The van der Waals surface area contributed by atoms with Crippen molar-refractivity contribution < 1.29 is 13.0 Å². The van der Waals surface area contributed by atoms with Crippen LogP contribution in [-0.2, 0) is 10.3 Å². The molecule has 6 heavy (non-hydrogen) atoms. The summed E-state index contributed by atoms with van der Waals surface area (Å²) in [4.78, 5) is 0. The minimum atomic E-state index is -4.42. The van der Waals surface area contributed by atoms with E-state index in [1.54, 1.807) is 0 Å². The lowest BCUT2D eigenvalue weighted by Crippen LogP contribution is -2.08. The highest BCUT2D eigenvalue weighted by atomic mass is 35.5. The van der Waals surface area contributed by atoms with E-state index >= 15 is 0 Å². The quantitative estimate of drug-likeness (QED) is 0.422. The van der Waals surface area contributed by atoms with E-state index in [0.717, 1.165) is 0 Å². The molecule has 0 spiro atoms. The Morgan fingerprint density at radius 3 is 1.50 bits per heavy atom. The fourth-order valence-electron chi connectivity index (χ4n) is 0. The number of hydrogen-bond acceptors (Lipinski definition) is 3. The summed E-state index contributed by atoms with van der Waals surface area (Å²) in [5, 5.41) is 3.77. The average Bonchev–Trinajstić information content (AvgIpc) is 0.722. The van der Waals surface area contributed by atoms with Gasteiger partial charge in [0, 0.05) is 0 Å². The maximum Gasteiger partial charge on any atom is 0.156 e. The minimum Gasteiger partial charge on any atom is -0.736 e. The SMILES string of the molecule is Cl.NS(=O)(=O)[O-]. The lowest BCUT2D eigenvalue weighted by Gasteiger charge is -1.90. The van der Waals surface area contributed by atoms with Crippen LogP contribution in [0.5, 0.6) is 0 Å². The lowest BCUT2D eigenvalue weighted by molar-refractivity contribution is 0.464. The highest BCUT2D eigenvalue weighted by Crippen LogP contribution is 1.49. The van der Waals surface area contributed by atoms with Crippen LogP contribution in [0.3, 0.4) is 0 Å². The number of halogens is 1. The monoisotopic (exact) mass is 132 g/mol. The second kappa shape index (κ2) is 2.35. The molecule has 0 aliphatic rings. The Morgan fingerprint density at radius 2 is 1.50 bits per heavy atom. The van der Waals surface area contributed by atoms with E-state index in [1.165, 1.54) is 0 Å². The van der Waals surface area contributed by atoms with Crippen molar-refractivity contribution in [2.45, 2.75) is 0 Å². The third kappa shape index (κ3) is 1620. The molecule has 0 unspecified atom stereocenters. The Kier molecular flexibility index (Phi) is 3.72. The molecule has 0 aliphatic heterocycles.